The summed E-state index contributed by atoms with van der Waals surface area (Å²) in [5, 5.41) is 12.2. The number of hydrogen-bond acceptors (Lipinski definition) is 3. The van der Waals surface area contributed by atoms with Gasteiger partial charge in [-0.25, -0.2) is 9.59 Å². The Hall–Kier alpha value is -1.79. The maximum Gasteiger partial charge on any atom is 0.331 e. The van der Waals surface area contributed by atoms with Crippen molar-refractivity contribution < 1.29 is 14.7 Å². The predicted octanol–water partition coefficient (Wildman–Crippen LogP) is 1.60. The minimum absolute atomic E-state index is 0.0620. The van der Waals surface area contributed by atoms with Gasteiger partial charge in [0.15, 0.2) is 6.04 Å². The summed E-state index contributed by atoms with van der Waals surface area (Å²) in [5.41, 5.74) is 6.19. The number of carboxylic acids is 1. The van der Waals surface area contributed by atoms with E-state index in [1.54, 1.807) is 29.2 Å². The summed E-state index contributed by atoms with van der Waals surface area (Å²) in [6, 6.07) is 4.89. The van der Waals surface area contributed by atoms with Gasteiger partial charge in [0.1, 0.15) is 0 Å². The number of benzene rings is 1. The fraction of sp³-hybridized carbons (Fsp3) is 0.429. The molecule has 2 rings (SSSR count). The Bertz CT molecular complexity index is 538. The number of aliphatic carboxylic acids is 1. The smallest absolute Gasteiger partial charge is 0.331 e. The van der Waals surface area contributed by atoms with Gasteiger partial charge in [-0.1, -0.05) is 29.8 Å². The number of halogens is 1. The molecule has 6 nitrogen and oxygen atoms in total. The van der Waals surface area contributed by atoms with Crippen LogP contribution in [0.1, 0.15) is 24.4 Å². The lowest BCUT2D eigenvalue weighted by Crippen LogP contribution is -2.51. The van der Waals surface area contributed by atoms with Gasteiger partial charge in [0.05, 0.1) is 0 Å². The van der Waals surface area contributed by atoms with E-state index in [1.807, 2.05) is 0 Å². The minimum atomic E-state index is -1.18. The third kappa shape index (κ3) is 3.86. The maximum atomic E-state index is 12.2. The zero-order valence-electron chi connectivity index (χ0n) is 11.5. The summed E-state index contributed by atoms with van der Waals surface area (Å²) < 4.78 is 0. The largest absolute Gasteiger partial charge is 0.479 e. The van der Waals surface area contributed by atoms with Gasteiger partial charge in [0.25, 0.3) is 0 Å². The van der Waals surface area contributed by atoms with Crippen LogP contribution in [-0.2, 0) is 4.79 Å². The van der Waals surface area contributed by atoms with Gasteiger partial charge < -0.3 is 21.1 Å². The quantitative estimate of drug-likeness (QED) is 0.790. The van der Waals surface area contributed by atoms with Crippen LogP contribution in [0.2, 0.25) is 5.02 Å². The van der Waals surface area contributed by atoms with E-state index in [4.69, 9.17) is 17.3 Å². The van der Waals surface area contributed by atoms with Crippen molar-refractivity contribution in [2.45, 2.75) is 24.9 Å². The molecule has 1 fully saturated rings. The molecule has 2 atom stereocenters. The van der Waals surface area contributed by atoms with Crippen molar-refractivity contribution in [1.82, 2.24) is 10.2 Å². The lowest BCUT2D eigenvalue weighted by Gasteiger charge is -2.31. The number of carbonyl (C=O) groups excluding carboxylic acids is 1. The van der Waals surface area contributed by atoms with Crippen molar-refractivity contribution in [3.8, 4) is 0 Å². The molecule has 1 aliphatic rings. The molecule has 1 aromatic rings. The Morgan fingerprint density at radius 3 is 2.76 bits per heavy atom. The Labute approximate surface area is 127 Å². The molecule has 0 bridgehead atoms. The summed E-state index contributed by atoms with van der Waals surface area (Å²) in [5.74, 6) is -1.15. The standard InChI is InChI=1S/C14H18ClN3O3/c15-11-6-2-1-5-10(11)12(13(19)20)17-14(21)18-7-3-4-9(16)8-18/h1-2,5-6,9,12H,3-4,7-8,16H2,(H,17,21)(H,19,20)/t9?,12-/m1/s1. The molecule has 0 aliphatic carbocycles. The molecular weight excluding hydrogens is 294 g/mol. The molecule has 2 amide bonds. The van der Waals surface area contributed by atoms with Gasteiger partial charge in [-0.2, -0.15) is 0 Å². The number of nitrogens with one attached hydrogen (secondary N) is 1. The second-order valence-electron chi connectivity index (χ2n) is 5.09. The van der Waals surface area contributed by atoms with E-state index in [9.17, 15) is 14.7 Å². The normalized spacial score (nSPS) is 19.9. The van der Waals surface area contributed by atoms with E-state index in [0.717, 1.165) is 12.8 Å². The fourth-order valence-corrected chi connectivity index (χ4v) is 2.64. The highest BCUT2D eigenvalue weighted by atomic mass is 35.5. The number of amides is 2. The molecule has 114 valence electrons. The number of carboxylic acid groups (broad SMARTS) is 1. The second kappa shape index (κ2) is 6.78. The van der Waals surface area contributed by atoms with Crippen molar-refractivity contribution in [3.63, 3.8) is 0 Å². The van der Waals surface area contributed by atoms with Crippen LogP contribution in [0.4, 0.5) is 4.79 Å². The third-order valence-electron chi connectivity index (χ3n) is 3.48. The summed E-state index contributed by atoms with van der Waals surface area (Å²) in [6.45, 7) is 1.01. The summed E-state index contributed by atoms with van der Waals surface area (Å²) >= 11 is 6.01. The van der Waals surface area contributed by atoms with Crippen molar-refractivity contribution >= 4 is 23.6 Å². The molecule has 1 saturated heterocycles. The first-order valence-corrected chi connectivity index (χ1v) is 7.15. The average molecular weight is 312 g/mol. The van der Waals surface area contributed by atoms with Crippen molar-refractivity contribution in [2.24, 2.45) is 5.73 Å². The van der Waals surface area contributed by atoms with E-state index >= 15 is 0 Å². The zero-order chi connectivity index (χ0) is 15.4. The van der Waals surface area contributed by atoms with E-state index in [-0.39, 0.29) is 6.04 Å². The highest BCUT2D eigenvalue weighted by molar-refractivity contribution is 6.31. The SMILES string of the molecule is NC1CCCN(C(=O)N[C@@H](C(=O)O)c2ccccc2Cl)C1. The molecule has 1 aromatic carbocycles. The maximum absolute atomic E-state index is 12.2. The monoisotopic (exact) mass is 311 g/mol. The van der Waals surface area contributed by atoms with Crippen LogP contribution in [-0.4, -0.2) is 41.1 Å². The first-order chi connectivity index (χ1) is 9.99. The van der Waals surface area contributed by atoms with Gasteiger partial charge in [-0.15, -0.1) is 0 Å². The molecule has 0 spiro atoms. The van der Waals surface area contributed by atoms with E-state index < -0.39 is 18.0 Å². The molecule has 1 aliphatic heterocycles. The summed E-state index contributed by atoms with van der Waals surface area (Å²) in [6.07, 6.45) is 1.69. The topological polar surface area (TPSA) is 95.7 Å². The number of likely N-dealkylation sites (tertiary alicyclic amines) is 1. The lowest BCUT2D eigenvalue weighted by atomic mass is 10.1. The van der Waals surface area contributed by atoms with Crippen LogP contribution in [0, 0.1) is 0 Å². The number of piperidine rings is 1. The lowest BCUT2D eigenvalue weighted by molar-refractivity contribution is -0.139. The number of carbonyl (C=O) groups is 2. The molecule has 0 saturated carbocycles. The van der Waals surface area contributed by atoms with Gasteiger partial charge in [0, 0.05) is 29.7 Å². The molecule has 4 N–H and O–H groups in total. The molecule has 0 aromatic heterocycles. The number of urea groups is 1. The average Bonchev–Trinajstić information content (AvgIpc) is 2.45. The third-order valence-corrected chi connectivity index (χ3v) is 3.82. The fourth-order valence-electron chi connectivity index (χ4n) is 2.39. The molecule has 7 heteroatoms. The molecule has 1 heterocycles. The van der Waals surface area contributed by atoms with Gasteiger partial charge in [0.2, 0.25) is 0 Å². The van der Waals surface area contributed by atoms with Gasteiger partial charge in [-0.05, 0) is 18.9 Å². The van der Waals surface area contributed by atoms with Gasteiger partial charge >= 0.3 is 12.0 Å². The van der Waals surface area contributed by atoms with Crippen LogP contribution >= 0.6 is 11.6 Å². The first kappa shape index (κ1) is 15.6. The first-order valence-electron chi connectivity index (χ1n) is 6.77. The predicted molar refractivity (Wildman–Crippen MR) is 79.1 cm³/mol. The molecular formula is C14H18ClN3O3. The highest BCUT2D eigenvalue weighted by Gasteiger charge is 2.28. The van der Waals surface area contributed by atoms with Crippen LogP contribution in [0.3, 0.4) is 0 Å². The van der Waals surface area contributed by atoms with Crippen LogP contribution in [0.25, 0.3) is 0 Å². The van der Waals surface area contributed by atoms with E-state index in [1.165, 1.54) is 0 Å². The molecule has 0 radical (unpaired) electrons. The van der Waals surface area contributed by atoms with Crippen molar-refractivity contribution in [3.05, 3.63) is 34.9 Å². The summed E-state index contributed by atoms with van der Waals surface area (Å²) in [7, 11) is 0. The molecule has 1 unspecified atom stereocenters. The van der Waals surface area contributed by atoms with E-state index in [0.29, 0.717) is 23.7 Å². The Balaban J connectivity index is 2.12. The molecule has 21 heavy (non-hydrogen) atoms. The van der Waals surface area contributed by atoms with Crippen molar-refractivity contribution in [1.29, 1.82) is 0 Å². The van der Waals surface area contributed by atoms with Crippen LogP contribution < -0.4 is 11.1 Å². The van der Waals surface area contributed by atoms with Crippen LogP contribution in [0.15, 0.2) is 24.3 Å². The number of nitrogens with two attached hydrogens (primary N) is 1. The minimum Gasteiger partial charge on any atom is -0.479 e. The number of rotatable bonds is 3. The second-order valence-corrected chi connectivity index (χ2v) is 5.50. The Kier molecular flexibility index (Phi) is 5.03. The summed E-state index contributed by atoms with van der Waals surface area (Å²) in [4.78, 5) is 25.2. The Morgan fingerprint density at radius 2 is 2.14 bits per heavy atom. The van der Waals surface area contributed by atoms with Gasteiger partial charge in [-0.3, -0.25) is 0 Å². The van der Waals surface area contributed by atoms with E-state index in [2.05, 4.69) is 5.32 Å². The Morgan fingerprint density at radius 1 is 1.43 bits per heavy atom. The van der Waals surface area contributed by atoms with Crippen molar-refractivity contribution in [2.75, 3.05) is 13.1 Å². The highest BCUT2D eigenvalue weighted by Crippen LogP contribution is 2.23. The van der Waals surface area contributed by atoms with Crippen LogP contribution in [0.5, 0.6) is 0 Å². The number of hydrogen-bond donors (Lipinski definition) is 3. The number of nitrogens with zero attached hydrogens (tertiary/aromatic N) is 1. The zero-order valence-corrected chi connectivity index (χ0v) is 12.2.